The molecule has 0 saturated heterocycles. The molecule has 0 bridgehead atoms. The van der Waals surface area contributed by atoms with Crippen LogP contribution < -0.4 is 5.32 Å². The molecule has 16 heavy (non-hydrogen) atoms. The second-order valence-electron chi connectivity index (χ2n) is 5.55. The van der Waals surface area contributed by atoms with Crippen LogP contribution >= 0.6 is 0 Å². The molecule has 0 aromatic heterocycles. The van der Waals surface area contributed by atoms with Gasteiger partial charge in [-0.25, -0.2) is 0 Å². The molecule has 0 aromatic carbocycles. The molecule has 0 rings (SSSR count). The Bertz CT molecular complexity index is 142. The molecule has 0 aliphatic carbocycles. The van der Waals surface area contributed by atoms with E-state index in [1.54, 1.807) is 0 Å². The average molecular weight is 227 g/mol. The van der Waals surface area contributed by atoms with E-state index in [9.17, 15) is 0 Å². The molecular weight excluding hydrogens is 194 g/mol. The molecule has 2 unspecified atom stereocenters. The van der Waals surface area contributed by atoms with Gasteiger partial charge in [0, 0.05) is 6.04 Å². The predicted molar refractivity (Wildman–Crippen MR) is 74.8 cm³/mol. The Balaban J connectivity index is 3.82. The number of hydrogen-bond acceptors (Lipinski definition) is 1. The second kappa shape index (κ2) is 10.1. The molecule has 0 amide bonds. The van der Waals surface area contributed by atoms with E-state index in [2.05, 4.69) is 39.9 Å². The third-order valence-corrected chi connectivity index (χ3v) is 3.47. The third kappa shape index (κ3) is 7.27. The summed E-state index contributed by atoms with van der Waals surface area (Å²) in [4.78, 5) is 0. The van der Waals surface area contributed by atoms with Crippen molar-refractivity contribution in [2.45, 2.75) is 79.2 Å². The molecule has 1 heteroatoms. The number of unbranched alkanes of at least 4 members (excludes halogenated alkanes) is 3. The lowest BCUT2D eigenvalue weighted by atomic mass is 9.87. The molecule has 0 spiro atoms. The van der Waals surface area contributed by atoms with Gasteiger partial charge in [0.05, 0.1) is 0 Å². The van der Waals surface area contributed by atoms with Crippen molar-refractivity contribution in [1.29, 1.82) is 0 Å². The first-order valence-corrected chi connectivity index (χ1v) is 7.36. The highest BCUT2D eigenvalue weighted by molar-refractivity contribution is 4.76. The third-order valence-electron chi connectivity index (χ3n) is 3.47. The second-order valence-corrected chi connectivity index (χ2v) is 5.55. The van der Waals surface area contributed by atoms with E-state index < -0.39 is 0 Å². The summed E-state index contributed by atoms with van der Waals surface area (Å²) in [5.74, 6) is 1.58. The van der Waals surface area contributed by atoms with Crippen LogP contribution in [-0.2, 0) is 0 Å². The summed E-state index contributed by atoms with van der Waals surface area (Å²) in [7, 11) is 0. The summed E-state index contributed by atoms with van der Waals surface area (Å²) >= 11 is 0. The van der Waals surface area contributed by atoms with E-state index in [0.717, 1.165) is 11.8 Å². The summed E-state index contributed by atoms with van der Waals surface area (Å²) in [6.07, 6.45) is 8.20. The van der Waals surface area contributed by atoms with E-state index in [0.29, 0.717) is 6.04 Å². The van der Waals surface area contributed by atoms with E-state index in [1.165, 1.54) is 45.1 Å². The van der Waals surface area contributed by atoms with Crippen molar-refractivity contribution in [2.75, 3.05) is 6.54 Å². The van der Waals surface area contributed by atoms with Crippen molar-refractivity contribution in [1.82, 2.24) is 5.32 Å². The summed E-state index contributed by atoms with van der Waals surface area (Å²) in [5, 5.41) is 3.71. The van der Waals surface area contributed by atoms with Gasteiger partial charge in [-0.15, -0.1) is 0 Å². The molecule has 0 fully saturated rings. The summed E-state index contributed by atoms with van der Waals surface area (Å²) in [6.45, 7) is 12.8. The lowest BCUT2D eigenvalue weighted by Gasteiger charge is -2.28. The maximum absolute atomic E-state index is 3.71. The zero-order valence-corrected chi connectivity index (χ0v) is 12.2. The first kappa shape index (κ1) is 16.0. The van der Waals surface area contributed by atoms with Crippen LogP contribution in [0.1, 0.15) is 73.1 Å². The van der Waals surface area contributed by atoms with Crippen LogP contribution in [0.3, 0.4) is 0 Å². The molecule has 1 nitrogen and oxygen atoms in total. The summed E-state index contributed by atoms with van der Waals surface area (Å²) in [5.41, 5.74) is 0. The smallest absolute Gasteiger partial charge is 0.0116 e. The maximum atomic E-state index is 3.71. The Kier molecular flexibility index (Phi) is 10.1. The van der Waals surface area contributed by atoms with Gasteiger partial charge in [-0.3, -0.25) is 0 Å². The fourth-order valence-electron chi connectivity index (χ4n) is 2.48. The van der Waals surface area contributed by atoms with Crippen molar-refractivity contribution >= 4 is 0 Å². The normalized spacial score (nSPS) is 15.4. The molecule has 0 aliphatic heterocycles. The Morgan fingerprint density at radius 3 is 2.06 bits per heavy atom. The molecule has 0 saturated carbocycles. The van der Waals surface area contributed by atoms with Gasteiger partial charge in [0.2, 0.25) is 0 Å². The fraction of sp³-hybridized carbons (Fsp3) is 1.00. The van der Waals surface area contributed by atoms with Crippen molar-refractivity contribution in [3.05, 3.63) is 0 Å². The monoisotopic (exact) mass is 227 g/mol. The van der Waals surface area contributed by atoms with Crippen LogP contribution in [-0.4, -0.2) is 12.6 Å². The Morgan fingerprint density at radius 1 is 0.875 bits per heavy atom. The minimum atomic E-state index is 0.710. The van der Waals surface area contributed by atoms with Gasteiger partial charge in [-0.2, -0.15) is 0 Å². The van der Waals surface area contributed by atoms with Gasteiger partial charge < -0.3 is 5.32 Å². The van der Waals surface area contributed by atoms with Crippen LogP contribution in [0.5, 0.6) is 0 Å². The Morgan fingerprint density at radius 2 is 1.56 bits per heavy atom. The van der Waals surface area contributed by atoms with Gasteiger partial charge in [0.25, 0.3) is 0 Å². The minimum absolute atomic E-state index is 0.710. The lowest BCUT2D eigenvalue weighted by Crippen LogP contribution is -2.39. The predicted octanol–water partition coefficient (Wildman–Crippen LogP) is 4.62. The quantitative estimate of drug-likeness (QED) is 0.537. The average Bonchev–Trinajstić information content (AvgIpc) is 2.24. The van der Waals surface area contributed by atoms with Crippen molar-refractivity contribution in [3.8, 4) is 0 Å². The van der Waals surface area contributed by atoms with E-state index >= 15 is 0 Å². The van der Waals surface area contributed by atoms with Crippen molar-refractivity contribution in [3.63, 3.8) is 0 Å². The van der Waals surface area contributed by atoms with E-state index in [-0.39, 0.29) is 0 Å². The van der Waals surface area contributed by atoms with Crippen LogP contribution in [0.2, 0.25) is 0 Å². The molecule has 98 valence electrons. The van der Waals surface area contributed by atoms with Gasteiger partial charge >= 0.3 is 0 Å². The zero-order valence-electron chi connectivity index (χ0n) is 12.2. The van der Waals surface area contributed by atoms with Crippen LogP contribution in [0.15, 0.2) is 0 Å². The fourth-order valence-corrected chi connectivity index (χ4v) is 2.48. The molecule has 0 aliphatic rings. The van der Waals surface area contributed by atoms with Gasteiger partial charge in [-0.1, -0.05) is 60.3 Å². The molecule has 0 heterocycles. The van der Waals surface area contributed by atoms with Crippen LogP contribution in [0.25, 0.3) is 0 Å². The number of hydrogen-bond donors (Lipinski definition) is 1. The SMILES string of the molecule is CCCCCCC(C)C(NCCC)C(C)C. The first-order valence-electron chi connectivity index (χ1n) is 7.36. The largest absolute Gasteiger partial charge is 0.313 e. The topological polar surface area (TPSA) is 12.0 Å². The van der Waals surface area contributed by atoms with E-state index in [1.807, 2.05) is 0 Å². The lowest BCUT2D eigenvalue weighted by molar-refractivity contribution is 0.280. The zero-order chi connectivity index (χ0) is 12.4. The molecular formula is C15H33N. The molecule has 2 atom stereocenters. The first-order chi connectivity index (χ1) is 7.63. The summed E-state index contributed by atoms with van der Waals surface area (Å²) < 4.78 is 0. The number of nitrogens with one attached hydrogen (secondary N) is 1. The van der Waals surface area contributed by atoms with Crippen LogP contribution in [0.4, 0.5) is 0 Å². The van der Waals surface area contributed by atoms with Crippen molar-refractivity contribution < 1.29 is 0 Å². The molecule has 0 aromatic rings. The Hall–Kier alpha value is -0.0400. The number of rotatable bonds is 10. The van der Waals surface area contributed by atoms with Crippen LogP contribution in [0, 0.1) is 11.8 Å². The highest BCUT2D eigenvalue weighted by atomic mass is 14.9. The van der Waals surface area contributed by atoms with Gasteiger partial charge in [0.15, 0.2) is 0 Å². The molecule has 0 radical (unpaired) electrons. The molecule has 1 N–H and O–H groups in total. The summed E-state index contributed by atoms with van der Waals surface area (Å²) in [6, 6.07) is 0.710. The highest BCUT2D eigenvalue weighted by Gasteiger charge is 2.19. The minimum Gasteiger partial charge on any atom is -0.313 e. The van der Waals surface area contributed by atoms with Gasteiger partial charge in [0.1, 0.15) is 0 Å². The Labute approximate surface area is 103 Å². The van der Waals surface area contributed by atoms with Crippen molar-refractivity contribution in [2.24, 2.45) is 11.8 Å². The standard InChI is InChI=1S/C15H33N/c1-6-8-9-10-11-14(5)15(13(3)4)16-12-7-2/h13-16H,6-12H2,1-5H3. The maximum Gasteiger partial charge on any atom is 0.0116 e. The van der Waals surface area contributed by atoms with E-state index in [4.69, 9.17) is 0 Å². The van der Waals surface area contributed by atoms with Gasteiger partial charge in [-0.05, 0) is 31.2 Å². The highest BCUT2D eigenvalue weighted by Crippen LogP contribution is 2.19.